The Morgan fingerprint density at radius 2 is 1.96 bits per heavy atom. The molecule has 0 aliphatic heterocycles. The van der Waals surface area contributed by atoms with Gasteiger partial charge in [0, 0.05) is 16.6 Å². The first kappa shape index (κ1) is 17.9. The van der Waals surface area contributed by atoms with Crippen LogP contribution in [-0.2, 0) is 6.54 Å². The van der Waals surface area contributed by atoms with Crippen LogP contribution in [0.1, 0.15) is 30.9 Å². The summed E-state index contributed by atoms with van der Waals surface area (Å²) in [6.07, 6.45) is 1.57. The highest BCUT2D eigenvalue weighted by atomic mass is 79.9. The number of hydrogen-bond acceptors (Lipinski definition) is 5. The van der Waals surface area contributed by atoms with Gasteiger partial charge >= 0.3 is 0 Å². The molecule has 7 heteroatoms. The number of nitrogens with zero attached hydrogens (tertiary/aromatic N) is 4. The second-order valence-electron chi connectivity index (χ2n) is 5.27. The zero-order chi connectivity index (χ0) is 17.7. The summed E-state index contributed by atoms with van der Waals surface area (Å²) < 4.78 is 2.10. The number of nitriles is 1. The van der Waals surface area contributed by atoms with Gasteiger partial charge in [-0.1, -0.05) is 29.3 Å². The van der Waals surface area contributed by atoms with E-state index in [1.165, 1.54) is 4.57 Å². The summed E-state index contributed by atoms with van der Waals surface area (Å²) >= 11 is 3.34. The highest BCUT2D eigenvalue weighted by Crippen LogP contribution is 2.27. The number of aromatic hydroxyl groups is 1. The number of rotatable bonds is 5. The number of halogens is 1. The van der Waals surface area contributed by atoms with Gasteiger partial charge in [-0.05, 0) is 37.6 Å². The Kier molecular flexibility index (Phi) is 5.88. The number of aromatic nitrogens is 1. The van der Waals surface area contributed by atoms with Crippen molar-refractivity contribution in [2.45, 2.75) is 33.2 Å². The number of hydrogen-bond donors (Lipinski definition) is 1. The first-order valence-electron chi connectivity index (χ1n) is 7.53. The quantitative estimate of drug-likeness (QED) is 0.751. The fourth-order valence-electron chi connectivity index (χ4n) is 2.20. The first-order valence-corrected chi connectivity index (χ1v) is 8.32. The van der Waals surface area contributed by atoms with Gasteiger partial charge in [-0.2, -0.15) is 10.4 Å². The van der Waals surface area contributed by atoms with Crippen molar-refractivity contribution in [1.82, 2.24) is 4.57 Å². The molecule has 6 nitrogen and oxygen atoms in total. The van der Waals surface area contributed by atoms with Crippen molar-refractivity contribution in [3.05, 3.63) is 50.2 Å². The molecule has 0 radical (unpaired) electrons. The van der Waals surface area contributed by atoms with Crippen LogP contribution in [0.4, 0.5) is 11.4 Å². The van der Waals surface area contributed by atoms with Crippen molar-refractivity contribution in [2.24, 2.45) is 10.2 Å². The summed E-state index contributed by atoms with van der Waals surface area (Å²) in [7, 11) is 0. The minimum atomic E-state index is -0.446. The highest BCUT2D eigenvalue weighted by molar-refractivity contribution is 9.10. The molecule has 124 valence electrons. The summed E-state index contributed by atoms with van der Waals surface area (Å²) in [6.45, 7) is 3.90. The van der Waals surface area contributed by atoms with E-state index in [1.807, 2.05) is 25.1 Å². The Bertz CT molecular complexity index is 864. The molecule has 0 spiro atoms. The molecule has 1 aromatic heterocycles. The third-order valence-corrected chi connectivity index (χ3v) is 4.13. The molecule has 0 aliphatic carbocycles. The second-order valence-corrected chi connectivity index (χ2v) is 6.19. The summed E-state index contributed by atoms with van der Waals surface area (Å²) in [5, 5.41) is 27.6. The van der Waals surface area contributed by atoms with E-state index in [9.17, 15) is 15.2 Å². The van der Waals surface area contributed by atoms with E-state index < -0.39 is 5.56 Å². The van der Waals surface area contributed by atoms with Crippen LogP contribution in [0.25, 0.3) is 0 Å². The van der Waals surface area contributed by atoms with Gasteiger partial charge in [-0.3, -0.25) is 9.36 Å². The SMILES string of the molecule is CCCCn1c(O)c(C#N)c(C)c(N=Nc2ccc(Br)cc2)c1=O. The molecule has 0 amide bonds. The van der Waals surface area contributed by atoms with Crippen LogP contribution in [0.5, 0.6) is 5.88 Å². The second kappa shape index (κ2) is 7.88. The standard InChI is InChI=1S/C17H17BrN4O2/c1-3-4-9-22-16(23)14(10-19)11(2)15(17(22)24)21-20-13-7-5-12(18)6-8-13/h5-8,23H,3-4,9H2,1-2H3. The average Bonchev–Trinajstić information content (AvgIpc) is 2.57. The molecule has 1 N–H and O–H groups in total. The molecular formula is C17H17BrN4O2. The number of azo groups is 1. The van der Waals surface area contributed by atoms with Crippen molar-refractivity contribution in [2.75, 3.05) is 0 Å². The van der Waals surface area contributed by atoms with Gasteiger partial charge in [0.15, 0.2) is 5.69 Å². The summed E-state index contributed by atoms with van der Waals surface area (Å²) in [6, 6.07) is 9.08. The predicted molar refractivity (Wildman–Crippen MR) is 95.0 cm³/mol. The lowest BCUT2D eigenvalue weighted by atomic mass is 10.1. The summed E-state index contributed by atoms with van der Waals surface area (Å²) in [4.78, 5) is 12.6. The van der Waals surface area contributed by atoms with E-state index in [-0.39, 0.29) is 17.1 Å². The molecule has 1 heterocycles. The van der Waals surface area contributed by atoms with E-state index in [1.54, 1.807) is 19.1 Å². The lowest BCUT2D eigenvalue weighted by molar-refractivity contribution is 0.399. The third kappa shape index (κ3) is 3.71. The lowest BCUT2D eigenvalue weighted by Gasteiger charge is -2.12. The van der Waals surface area contributed by atoms with Crippen LogP contribution in [-0.4, -0.2) is 9.67 Å². The maximum atomic E-state index is 12.6. The van der Waals surface area contributed by atoms with Gasteiger partial charge in [0.25, 0.3) is 5.56 Å². The van der Waals surface area contributed by atoms with Crippen LogP contribution < -0.4 is 5.56 Å². The summed E-state index contributed by atoms with van der Waals surface area (Å²) in [5.41, 5.74) is 0.592. The first-order chi connectivity index (χ1) is 11.5. The van der Waals surface area contributed by atoms with Crippen LogP contribution in [0.2, 0.25) is 0 Å². The van der Waals surface area contributed by atoms with Crippen molar-refractivity contribution in [3.8, 4) is 11.9 Å². The molecule has 2 aromatic rings. The minimum Gasteiger partial charge on any atom is -0.493 e. The molecule has 0 aliphatic rings. The number of unbranched alkanes of at least 4 members (excludes halogenated alkanes) is 1. The Morgan fingerprint density at radius 3 is 2.54 bits per heavy atom. The fraction of sp³-hybridized carbons (Fsp3) is 0.294. The van der Waals surface area contributed by atoms with Crippen molar-refractivity contribution < 1.29 is 5.11 Å². The van der Waals surface area contributed by atoms with Crippen LogP contribution in [0, 0.1) is 18.3 Å². The van der Waals surface area contributed by atoms with Gasteiger partial charge in [0.1, 0.15) is 11.6 Å². The number of benzene rings is 1. The molecule has 0 saturated heterocycles. The summed E-state index contributed by atoms with van der Waals surface area (Å²) in [5.74, 6) is -0.309. The largest absolute Gasteiger partial charge is 0.493 e. The van der Waals surface area contributed by atoms with E-state index in [4.69, 9.17) is 0 Å². The molecule has 0 atom stereocenters. The van der Waals surface area contributed by atoms with E-state index in [0.717, 1.165) is 10.9 Å². The Labute approximate surface area is 148 Å². The minimum absolute atomic E-state index is 0.0514. The molecule has 0 saturated carbocycles. The Hall–Kier alpha value is -2.46. The smallest absolute Gasteiger partial charge is 0.281 e. The zero-order valence-electron chi connectivity index (χ0n) is 13.5. The van der Waals surface area contributed by atoms with Crippen molar-refractivity contribution in [1.29, 1.82) is 5.26 Å². The molecule has 1 aromatic carbocycles. The van der Waals surface area contributed by atoms with Gasteiger partial charge in [-0.25, -0.2) is 0 Å². The van der Waals surface area contributed by atoms with Crippen LogP contribution in [0.3, 0.4) is 0 Å². The van der Waals surface area contributed by atoms with Gasteiger partial charge in [0.2, 0.25) is 5.88 Å². The Balaban J connectivity index is 2.54. The van der Waals surface area contributed by atoms with Gasteiger partial charge < -0.3 is 5.11 Å². The molecule has 24 heavy (non-hydrogen) atoms. The van der Waals surface area contributed by atoms with E-state index in [2.05, 4.69) is 26.2 Å². The topological polar surface area (TPSA) is 90.7 Å². The average molecular weight is 389 g/mol. The molecule has 0 unspecified atom stereocenters. The van der Waals surface area contributed by atoms with Crippen LogP contribution >= 0.6 is 15.9 Å². The third-order valence-electron chi connectivity index (χ3n) is 3.60. The Morgan fingerprint density at radius 1 is 1.29 bits per heavy atom. The number of pyridine rings is 1. The molecular weight excluding hydrogens is 372 g/mol. The molecule has 0 fully saturated rings. The van der Waals surface area contributed by atoms with Crippen LogP contribution in [0.15, 0.2) is 43.8 Å². The normalized spacial score (nSPS) is 10.9. The van der Waals surface area contributed by atoms with Crippen molar-refractivity contribution >= 4 is 27.3 Å². The maximum absolute atomic E-state index is 12.6. The lowest BCUT2D eigenvalue weighted by Crippen LogP contribution is -2.22. The van der Waals surface area contributed by atoms with E-state index >= 15 is 0 Å². The molecule has 2 rings (SSSR count). The molecule has 0 bridgehead atoms. The monoisotopic (exact) mass is 388 g/mol. The fourth-order valence-corrected chi connectivity index (χ4v) is 2.46. The predicted octanol–water partition coefficient (Wildman–Crippen LogP) is 4.71. The van der Waals surface area contributed by atoms with Gasteiger partial charge in [-0.15, -0.1) is 5.11 Å². The van der Waals surface area contributed by atoms with Gasteiger partial charge in [0.05, 0.1) is 5.69 Å². The highest BCUT2D eigenvalue weighted by Gasteiger charge is 2.18. The maximum Gasteiger partial charge on any atom is 0.281 e. The van der Waals surface area contributed by atoms with Crippen molar-refractivity contribution in [3.63, 3.8) is 0 Å². The van der Waals surface area contributed by atoms with E-state index in [0.29, 0.717) is 24.2 Å². The zero-order valence-corrected chi connectivity index (χ0v) is 15.0.